The Kier molecular flexibility index (Phi) is 3.27. The minimum Gasteiger partial charge on any atom is -0.508 e. The Balaban J connectivity index is 1.79. The average Bonchev–Trinajstić information content (AvgIpc) is 2.87. The van der Waals surface area contributed by atoms with Gasteiger partial charge < -0.3 is 10.8 Å². The number of nitrogens with zero attached hydrogens (tertiary/aromatic N) is 2. The smallest absolute Gasteiger partial charge is 0.191 e. The van der Waals surface area contributed by atoms with Gasteiger partial charge in [-0.25, -0.2) is 9.97 Å². The summed E-state index contributed by atoms with van der Waals surface area (Å²) in [6, 6.07) is 9.05. The molecular weight excluding hydrogens is 278 g/mol. The number of aromatic nitrogens is 2. The molecule has 0 saturated carbocycles. The lowest BCUT2D eigenvalue weighted by Gasteiger charge is -2.03. The van der Waals surface area contributed by atoms with E-state index in [-0.39, 0.29) is 5.75 Å². The third kappa shape index (κ3) is 2.64. The molecule has 3 rings (SSSR count). The maximum atomic E-state index is 9.23. The van der Waals surface area contributed by atoms with Crippen molar-refractivity contribution in [3.63, 3.8) is 0 Å². The van der Waals surface area contributed by atoms with Crippen LogP contribution in [0.2, 0.25) is 0 Å². The van der Waals surface area contributed by atoms with Crippen molar-refractivity contribution in [1.82, 2.24) is 9.97 Å². The van der Waals surface area contributed by atoms with Crippen LogP contribution in [-0.2, 0) is 5.75 Å². The van der Waals surface area contributed by atoms with Gasteiger partial charge in [-0.2, -0.15) is 0 Å². The van der Waals surface area contributed by atoms with E-state index in [9.17, 15) is 5.11 Å². The number of benzene rings is 1. The van der Waals surface area contributed by atoms with Crippen molar-refractivity contribution >= 4 is 39.1 Å². The van der Waals surface area contributed by atoms with Gasteiger partial charge in [0.05, 0.1) is 5.39 Å². The van der Waals surface area contributed by atoms with E-state index in [2.05, 4.69) is 9.97 Å². The van der Waals surface area contributed by atoms with Gasteiger partial charge >= 0.3 is 0 Å². The first-order chi connectivity index (χ1) is 9.22. The normalized spacial score (nSPS) is 10.9. The summed E-state index contributed by atoms with van der Waals surface area (Å²) in [6.45, 7) is 0. The van der Waals surface area contributed by atoms with Crippen molar-refractivity contribution in [2.75, 3.05) is 5.73 Å². The second-order valence-electron chi connectivity index (χ2n) is 3.99. The topological polar surface area (TPSA) is 72.0 Å². The molecule has 0 atom stereocenters. The molecule has 19 heavy (non-hydrogen) atoms. The van der Waals surface area contributed by atoms with Crippen LogP contribution in [0.25, 0.3) is 10.2 Å². The Labute approximate surface area is 118 Å². The number of hydrogen-bond acceptors (Lipinski definition) is 6. The number of aromatic hydroxyl groups is 1. The highest BCUT2D eigenvalue weighted by atomic mass is 32.2. The average molecular weight is 289 g/mol. The lowest BCUT2D eigenvalue weighted by molar-refractivity contribution is 0.475. The third-order valence-corrected chi connectivity index (χ3v) is 4.36. The van der Waals surface area contributed by atoms with E-state index < -0.39 is 0 Å². The quantitative estimate of drug-likeness (QED) is 0.572. The number of nitrogen functional groups attached to an aromatic ring is 1. The van der Waals surface area contributed by atoms with Crippen LogP contribution in [0.15, 0.2) is 40.9 Å². The molecule has 0 spiro atoms. The highest BCUT2D eigenvalue weighted by Gasteiger charge is 2.07. The summed E-state index contributed by atoms with van der Waals surface area (Å²) in [5.41, 5.74) is 7.01. The van der Waals surface area contributed by atoms with Crippen molar-refractivity contribution in [3.05, 3.63) is 41.3 Å². The van der Waals surface area contributed by atoms with Gasteiger partial charge in [0.2, 0.25) is 0 Å². The maximum absolute atomic E-state index is 9.23. The molecule has 0 bridgehead atoms. The maximum Gasteiger partial charge on any atom is 0.191 e. The number of thioether (sulfide) groups is 1. The number of rotatable bonds is 3. The number of phenolic OH excluding ortho intramolecular Hbond substituents is 1. The number of phenols is 1. The van der Waals surface area contributed by atoms with E-state index in [4.69, 9.17) is 5.73 Å². The molecule has 3 aromatic rings. The van der Waals surface area contributed by atoms with Gasteiger partial charge in [-0.3, -0.25) is 0 Å². The molecule has 4 nitrogen and oxygen atoms in total. The zero-order valence-corrected chi connectivity index (χ0v) is 11.5. The molecule has 0 aliphatic heterocycles. The summed E-state index contributed by atoms with van der Waals surface area (Å²) in [7, 11) is 0. The molecule has 0 radical (unpaired) electrons. The first kappa shape index (κ1) is 12.3. The Morgan fingerprint density at radius 2 is 1.95 bits per heavy atom. The first-order valence-electron chi connectivity index (χ1n) is 5.64. The van der Waals surface area contributed by atoms with Crippen LogP contribution in [0, 0.1) is 0 Å². The number of anilines is 1. The van der Waals surface area contributed by atoms with Crippen molar-refractivity contribution < 1.29 is 5.11 Å². The zero-order chi connectivity index (χ0) is 13.2. The van der Waals surface area contributed by atoms with Gasteiger partial charge in [0.25, 0.3) is 0 Å². The molecule has 0 saturated heterocycles. The molecule has 1 aromatic carbocycles. The fraction of sp³-hybridized carbons (Fsp3) is 0.0769. The SMILES string of the molecule is Nc1nc(SCc2ccc(O)cc2)nc2sccc12. The number of hydrogen-bond donors (Lipinski definition) is 2. The van der Waals surface area contributed by atoms with Crippen molar-refractivity contribution in [2.24, 2.45) is 0 Å². The van der Waals surface area contributed by atoms with Crippen LogP contribution in [-0.4, -0.2) is 15.1 Å². The fourth-order valence-corrected chi connectivity index (χ4v) is 3.30. The second-order valence-corrected chi connectivity index (χ2v) is 5.82. The molecule has 3 N–H and O–H groups in total. The van der Waals surface area contributed by atoms with Crippen LogP contribution >= 0.6 is 23.1 Å². The number of thiophene rings is 1. The minimum absolute atomic E-state index is 0.272. The third-order valence-electron chi connectivity index (χ3n) is 2.64. The van der Waals surface area contributed by atoms with E-state index in [1.54, 1.807) is 23.5 Å². The summed E-state index contributed by atoms with van der Waals surface area (Å²) >= 11 is 3.10. The van der Waals surface area contributed by atoms with Crippen LogP contribution in [0.1, 0.15) is 5.56 Å². The Bertz CT molecular complexity index is 709. The van der Waals surface area contributed by atoms with Crippen LogP contribution in [0.3, 0.4) is 0 Å². The number of nitrogens with two attached hydrogens (primary N) is 1. The van der Waals surface area contributed by atoms with Gasteiger partial charge in [-0.05, 0) is 29.1 Å². The standard InChI is InChI=1S/C13H11N3OS2/c14-11-10-5-6-18-12(10)16-13(15-11)19-7-8-1-3-9(17)4-2-8/h1-6,17H,7H2,(H2,14,15,16). The summed E-state index contributed by atoms with van der Waals surface area (Å²) < 4.78 is 0. The van der Waals surface area contributed by atoms with Crippen LogP contribution in [0.5, 0.6) is 5.75 Å². The van der Waals surface area contributed by atoms with E-state index in [0.717, 1.165) is 21.5 Å². The van der Waals surface area contributed by atoms with Gasteiger partial charge in [-0.1, -0.05) is 23.9 Å². The van der Waals surface area contributed by atoms with Crippen molar-refractivity contribution in [3.8, 4) is 5.75 Å². The van der Waals surface area contributed by atoms with E-state index in [1.165, 1.54) is 11.8 Å². The highest BCUT2D eigenvalue weighted by Crippen LogP contribution is 2.27. The monoisotopic (exact) mass is 289 g/mol. The van der Waals surface area contributed by atoms with Gasteiger partial charge in [-0.15, -0.1) is 11.3 Å². The molecule has 0 fully saturated rings. The van der Waals surface area contributed by atoms with E-state index in [1.807, 2.05) is 23.6 Å². The second kappa shape index (κ2) is 5.07. The Morgan fingerprint density at radius 3 is 2.74 bits per heavy atom. The van der Waals surface area contributed by atoms with Gasteiger partial charge in [0.1, 0.15) is 16.4 Å². The molecular formula is C13H11N3OS2. The molecule has 2 heterocycles. The summed E-state index contributed by atoms with van der Waals surface area (Å²) in [6.07, 6.45) is 0. The fourth-order valence-electron chi connectivity index (χ4n) is 1.66. The van der Waals surface area contributed by atoms with E-state index >= 15 is 0 Å². The summed E-state index contributed by atoms with van der Waals surface area (Å²) in [5.74, 6) is 1.55. The first-order valence-corrected chi connectivity index (χ1v) is 7.50. The Morgan fingerprint density at radius 1 is 1.16 bits per heavy atom. The molecule has 0 aliphatic carbocycles. The van der Waals surface area contributed by atoms with Crippen LogP contribution in [0.4, 0.5) is 5.82 Å². The van der Waals surface area contributed by atoms with Crippen LogP contribution < -0.4 is 5.73 Å². The molecule has 0 amide bonds. The molecule has 0 aliphatic rings. The summed E-state index contributed by atoms with van der Waals surface area (Å²) in [4.78, 5) is 9.68. The summed E-state index contributed by atoms with van der Waals surface area (Å²) in [5, 5.41) is 12.8. The lowest BCUT2D eigenvalue weighted by Crippen LogP contribution is -1.95. The van der Waals surface area contributed by atoms with Gasteiger partial charge in [0.15, 0.2) is 5.16 Å². The lowest BCUT2D eigenvalue weighted by atomic mass is 10.2. The predicted molar refractivity (Wildman–Crippen MR) is 79.5 cm³/mol. The number of fused-ring (bicyclic) bond motifs is 1. The molecule has 0 unspecified atom stereocenters. The highest BCUT2D eigenvalue weighted by molar-refractivity contribution is 7.98. The molecule has 2 aromatic heterocycles. The molecule has 6 heteroatoms. The zero-order valence-electron chi connectivity index (χ0n) is 9.91. The molecule has 96 valence electrons. The van der Waals surface area contributed by atoms with Gasteiger partial charge in [0, 0.05) is 5.75 Å². The van der Waals surface area contributed by atoms with Crippen molar-refractivity contribution in [2.45, 2.75) is 10.9 Å². The minimum atomic E-state index is 0.272. The van der Waals surface area contributed by atoms with Crippen molar-refractivity contribution in [1.29, 1.82) is 0 Å². The Hall–Kier alpha value is -1.79. The largest absolute Gasteiger partial charge is 0.508 e. The predicted octanol–water partition coefficient (Wildman–Crippen LogP) is 3.27. The van der Waals surface area contributed by atoms with E-state index in [0.29, 0.717) is 11.0 Å².